The van der Waals surface area contributed by atoms with E-state index < -0.39 is 0 Å². The second-order valence-corrected chi connectivity index (χ2v) is 4.84. The van der Waals surface area contributed by atoms with Gasteiger partial charge in [0, 0.05) is 16.8 Å². The largest absolute Gasteiger partial charge is 0.454 e. The summed E-state index contributed by atoms with van der Waals surface area (Å²) >= 11 is 0. The van der Waals surface area contributed by atoms with E-state index >= 15 is 0 Å². The number of nitrogens with one attached hydrogen (secondary N) is 2. The number of H-pyrrole nitrogens is 1. The standard InChI is InChI=1S/C15H11N5O3/c21-15(10-4-5-12-13(7-10)23-8-22-12)16-11-3-1-2-9(6-11)14-17-19-20-18-14/h1-7H,8H2,(H,16,21)(H,17,18,19,20). The fraction of sp³-hybridized carbons (Fsp3) is 0.0667. The van der Waals surface area contributed by atoms with Crippen molar-refractivity contribution in [2.45, 2.75) is 0 Å². The number of hydrogen-bond donors (Lipinski definition) is 2. The molecule has 0 saturated heterocycles. The number of tetrazole rings is 1. The molecule has 2 heterocycles. The average Bonchev–Trinajstić information content (AvgIpc) is 3.26. The first kappa shape index (κ1) is 13.3. The van der Waals surface area contributed by atoms with E-state index in [2.05, 4.69) is 25.9 Å². The summed E-state index contributed by atoms with van der Waals surface area (Å²) in [5.74, 6) is 1.43. The van der Waals surface area contributed by atoms with Crippen LogP contribution in [-0.4, -0.2) is 33.3 Å². The van der Waals surface area contributed by atoms with Crippen LogP contribution < -0.4 is 14.8 Å². The lowest BCUT2D eigenvalue weighted by atomic mass is 10.1. The smallest absolute Gasteiger partial charge is 0.255 e. The summed E-state index contributed by atoms with van der Waals surface area (Å²) in [5, 5.41) is 16.6. The number of aromatic nitrogens is 4. The molecule has 0 fully saturated rings. The van der Waals surface area contributed by atoms with Crippen molar-refractivity contribution in [1.82, 2.24) is 20.6 Å². The molecule has 0 bridgehead atoms. The molecular weight excluding hydrogens is 298 g/mol. The summed E-state index contributed by atoms with van der Waals surface area (Å²) in [4.78, 5) is 12.4. The van der Waals surface area contributed by atoms with Gasteiger partial charge in [-0.1, -0.05) is 12.1 Å². The first-order valence-electron chi connectivity index (χ1n) is 6.84. The van der Waals surface area contributed by atoms with Gasteiger partial charge in [0.25, 0.3) is 5.91 Å². The minimum Gasteiger partial charge on any atom is -0.454 e. The number of carbonyl (C=O) groups excluding carboxylic acids is 1. The van der Waals surface area contributed by atoms with Crippen molar-refractivity contribution in [2.75, 3.05) is 12.1 Å². The van der Waals surface area contributed by atoms with Gasteiger partial charge in [0.05, 0.1) is 0 Å². The van der Waals surface area contributed by atoms with Gasteiger partial charge in [0.2, 0.25) is 12.6 Å². The van der Waals surface area contributed by atoms with Crippen molar-refractivity contribution >= 4 is 11.6 Å². The number of ether oxygens (including phenoxy) is 2. The normalized spacial score (nSPS) is 12.2. The van der Waals surface area contributed by atoms with E-state index in [0.29, 0.717) is 28.6 Å². The minimum atomic E-state index is -0.242. The van der Waals surface area contributed by atoms with E-state index in [1.54, 1.807) is 36.4 Å². The number of hydrogen-bond acceptors (Lipinski definition) is 6. The highest BCUT2D eigenvalue weighted by molar-refractivity contribution is 6.04. The Hall–Kier alpha value is -3.42. The zero-order valence-corrected chi connectivity index (χ0v) is 11.8. The number of carbonyl (C=O) groups is 1. The van der Waals surface area contributed by atoms with Crippen LogP contribution in [0.1, 0.15) is 10.4 Å². The Labute approximate surface area is 130 Å². The quantitative estimate of drug-likeness (QED) is 0.765. The summed E-state index contributed by atoms with van der Waals surface area (Å²) in [7, 11) is 0. The molecule has 114 valence electrons. The number of benzene rings is 2. The maximum atomic E-state index is 12.4. The van der Waals surface area contributed by atoms with E-state index in [9.17, 15) is 4.79 Å². The highest BCUT2D eigenvalue weighted by atomic mass is 16.7. The topological polar surface area (TPSA) is 102 Å². The summed E-state index contributed by atoms with van der Waals surface area (Å²) < 4.78 is 10.5. The fourth-order valence-corrected chi connectivity index (χ4v) is 2.26. The summed E-state index contributed by atoms with van der Waals surface area (Å²) in [6.45, 7) is 0.174. The lowest BCUT2D eigenvalue weighted by Gasteiger charge is -2.07. The molecule has 1 aliphatic rings. The van der Waals surface area contributed by atoms with E-state index in [1.807, 2.05) is 6.07 Å². The Balaban J connectivity index is 1.56. The first-order valence-corrected chi connectivity index (χ1v) is 6.84. The fourth-order valence-electron chi connectivity index (χ4n) is 2.26. The van der Waals surface area contributed by atoms with Crippen molar-refractivity contribution in [3.63, 3.8) is 0 Å². The van der Waals surface area contributed by atoms with Crippen molar-refractivity contribution in [3.05, 3.63) is 48.0 Å². The molecule has 3 aromatic rings. The van der Waals surface area contributed by atoms with Crippen LogP contribution in [0.15, 0.2) is 42.5 Å². The zero-order chi connectivity index (χ0) is 15.6. The monoisotopic (exact) mass is 309 g/mol. The molecule has 8 heteroatoms. The molecule has 0 saturated carbocycles. The molecule has 1 aromatic heterocycles. The highest BCUT2D eigenvalue weighted by Crippen LogP contribution is 2.32. The van der Waals surface area contributed by atoms with Crippen LogP contribution in [0.5, 0.6) is 11.5 Å². The maximum Gasteiger partial charge on any atom is 0.255 e. The third kappa shape index (κ3) is 2.57. The van der Waals surface area contributed by atoms with Gasteiger partial charge in [-0.25, -0.2) is 0 Å². The number of fused-ring (bicyclic) bond motifs is 1. The average molecular weight is 309 g/mol. The Bertz CT molecular complexity index is 863. The van der Waals surface area contributed by atoms with Crippen LogP contribution in [0.2, 0.25) is 0 Å². The van der Waals surface area contributed by atoms with Crippen molar-refractivity contribution < 1.29 is 14.3 Å². The van der Waals surface area contributed by atoms with E-state index in [0.717, 1.165) is 5.56 Å². The van der Waals surface area contributed by atoms with Gasteiger partial charge in [-0.3, -0.25) is 4.79 Å². The van der Waals surface area contributed by atoms with Gasteiger partial charge >= 0.3 is 0 Å². The van der Waals surface area contributed by atoms with Gasteiger partial charge in [-0.15, -0.1) is 10.2 Å². The molecule has 0 unspecified atom stereocenters. The van der Waals surface area contributed by atoms with Crippen LogP contribution in [0.3, 0.4) is 0 Å². The molecule has 4 rings (SSSR count). The molecule has 2 N–H and O–H groups in total. The lowest BCUT2D eigenvalue weighted by Crippen LogP contribution is -2.11. The van der Waals surface area contributed by atoms with E-state index in [1.165, 1.54) is 0 Å². The van der Waals surface area contributed by atoms with Gasteiger partial charge < -0.3 is 14.8 Å². The number of amides is 1. The van der Waals surface area contributed by atoms with E-state index in [4.69, 9.17) is 9.47 Å². The predicted molar refractivity (Wildman–Crippen MR) is 80.1 cm³/mol. The molecule has 1 aliphatic heterocycles. The molecule has 0 aliphatic carbocycles. The summed E-state index contributed by atoms with van der Waals surface area (Å²) in [6.07, 6.45) is 0. The third-order valence-corrected chi connectivity index (χ3v) is 3.36. The van der Waals surface area contributed by atoms with Crippen molar-refractivity contribution in [3.8, 4) is 22.9 Å². The molecule has 1 amide bonds. The molecule has 0 spiro atoms. The van der Waals surface area contributed by atoms with Crippen molar-refractivity contribution in [1.29, 1.82) is 0 Å². The Kier molecular flexibility index (Phi) is 3.12. The second-order valence-electron chi connectivity index (χ2n) is 4.84. The zero-order valence-electron chi connectivity index (χ0n) is 11.8. The summed E-state index contributed by atoms with van der Waals surface area (Å²) in [5.41, 5.74) is 1.87. The molecular formula is C15H11N5O3. The number of nitrogens with zero attached hydrogens (tertiary/aromatic N) is 3. The Morgan fingerprint density at radius 2 is 2.04 bits per heavy atom. The summed E-state index contributed by atoms with van der Waals surface area (Å²) in [6, 6.07) is 12.3. The molecule has 23 heavy (non-hydrogen) atoms. The van der Waals surface area contributed by atoms with Gasteiger partial charge in [0.15, 0.2) is 11.5 Å². The van der Waals surface area contributed by atoms with Crippen LogP contribution in [0.4, 0.5) is 5.69 Å². The predicted octanol–water partition coefficient (Wildman–Crippen LogP) is 1.85. The first-order chi connectivity index (χ1) is 11.3. The second kappa shape index (κ2) is 5.41. The Morgan fingerprint density at radius 1 is 1.13 bits per heavy atom. The van der Waals surface area contributed by atoms with Crippen LogP contribution in [0.25, 0.3) is 11.4 Å². The van der Waals surface area contributed by atoms with Crippen LogP contribution in [0, 0.1) is 0 Å². The van der Waals surface area contributed by atoms with Gasteiger partial charge in [-0.05, 0) is 35.5 Å². The molecule has 0 radical (unpaired) electrons. The third-order valence-electron chi connectivity index (χ3n) is 3.36. The molecule has 8 nitrogen and oxygen atoms in total. The van der Waals surface area contributed by atoms with Crippen LogP contribution >= 0.6 is 0 Å². The number of aromatic amines is 1. The molecule has 0 atom stereocenters. The van der Waals surface area contributed by atoms with Crippen molar-refractivity contribution in [2.24, 2.45) is 0 Å². The van der Waals surface area contributed by atoms with Gasteiger partial charge in [-0.2, -0.15) is 5.21 Å². The number of anilines is 1. The van der Waals surface area contributed by atoms with Crippen LogP contribution in [-0.2, 0) is 0 Å². The minimum absolute atomic E-state index is 0.174. The maximum absolute atomic E-state index is 12.4. The highest BCUT2D eigenvalue weighted by Gasteiger charge is 2.16. The van der Waals surface area contributed by atoms with Gasteiger partial charge in [0.1, 0.15) is 0 Å². The SMILES string of the molecule is O=C(Nc1cccc(-c2nn[nH]n2)c1)c1ccc2c(c1)OCO2. The Morgan fingerprint density at radius 3 is 2.91 bits per heavy atom. The lowest BCUT2D eigenvalue weighted by molar-refractivity contribution is 0.102. The molecule has 2 aromatic carbocycles. The number of rotatable bonds is 3. The van der Waals surface area contributed by atoms with E-state index in [-0.39, 0.29) is 12.7 Å².